The molecule has 2 aromatic carbocycles. The Morgan fingerprint density at radius 3 is 2.35 bits per heavy atom. The number of methoxy groups -OCH3 is 1. The van der Waals surface area contributed by atoms with Gasteiger partial charge in [0.05, 0.1) is 19.6 Å². The lowest BCUT2D eigenvalue weighted by Crippen LogP contribution is -2.48. The van der Waals surface area contributed by atoms with E-state index in [1.54, 1.807) is 7.11 Å². The van der Waals surface area contributed by atoms with Crippen LogP contribution >= 0.6 is 0 Å². The molecule has 3 aliphatic rings. The van der Waals surface area contributed by atoms with Gasteiger partial charge in [-0.2, -0.15) is 0 Å². The van der Waals surface area contributed by atoms with Gasteiger partial charge in [-0.1, -0.05) is 24.3 Å². The minimum atomic E-state index is -0.283. The molecule has 2 heterocycles. The molecule has 2 N–H and O–H groups in total. The normalized spacial score (nSPS) is 25.4. The fraction of sp³-hybridized carbons (Fsp3) is 0.533. The van der Waals surface area contributed by atoms with Crippen LogP contribution in [0.5, 0.6) is 5.75 Å². The molecule has 2 amide bonds. The van der Waals surface area contributed by atoms with Crippen molar-refractivity contribution in [2.24, 2.45) is 11.7 Å². The number of benzene rings is 2. The summed E-state index contributed by atoms with van der Waals surface area (Å²) in [6.45, 7) is 5.62. The van der Waals surface area contributed by atoms with Crippen molar-refractivity contribution in [3.05, 3.63) is 59.7 Å². The van der Waals surface area contributed by atoms with E-state index < -0.39 is 0 Å². The predicted octanol–water partition coefficient (Wildman–Crippen LogP) is 3.77. The highest BCUT2D eigenvalue weighted by Gasteiger charge is 2.35. The van der Waals surface area contributed by atoms with E-state index in [1.165, 1.54) is 42.8 Å². The first-order valence-electron chi connectivity index (χ1n) is 13.8. The van der Waals surface area contributed by atoms with Gasteiger partial charge in [-0.25, -0.2) is 0 Å². The van der Waals surface area contributed by atoms with Gasteiger partial charge < -0.3 is 15.4 Å². The van der Waals surface area contributed by atoms with Crippen LogP contribution < -0.4 is 15.4 Å². The van der Waals surface area contributed by atoms with Crippen molar-refractivity contribution in [2.45, 2.75) is 57.0 Å². The fourth-order valence-electron chi connectivity index (χ4n) is 6.09. The maximum atomic E-state index is 13.5. The van der Waals surface area contributed by atoms with Crippen LogP contribution in [0.4, 0.5) is 5.69 Å². The summed E-state index contributed by atoms with van der Waals surface area (Å²) in [5.74, 6) is 1.07. The molecule has 7 heteroatoms. The van der Waals surface area contributed by atoms with E-state index in [9.17, 15) is 9.59 Å². The molecule has 1 atom stereocenters. The van der Waals surface area contributed by atoms with Crippen LogP contribution in [0.15, 0.2) is 48.5 Å². The summed E-state index contributed by atoms with van der Waals surface area (Å²) in [6, 6.07) is 16.4. The molecule has 37 heavy (non-hydrogen) atoms. The molecule has 198 valence electrons. The molecular formula is C30H40N4O3. The van der Waals surface area contributed by atoms with Crippen molar-refractivity contribution in [1.82, 2.24) is 9.80 Å². The number of likely N-dealkylation sites (tertiary alicyclic amines) is 1. The molecule has 1 aliphatic carbocycles. The van der Waals surface area contributed by atoms with Gasteiger partial charge in [-0.05, 0) is 73.4 Å². The third-order valence-electron chi connectivity index (χ3n) is 8.43. The molecular weight excluding hydrogens is 464 g/mol. The van der Waals surface area contributed by atoms with Crippen molar-refractivity contribution in [3.8, 4) is 5.75 Å². The highest BCUT2D eigenvalue weighted by atomic mass is 16.5. The Morgan fingerprint density at radius 2 is 1.65 bits per heavy atom. The highest BCUT2D eigenvalue weighted by molar-refractivity contribution is 6.01. The summed E-state index contributed by atoms with van der Waals surface area (Å²) in [5, 5.41) is 0. The van der Waals surface area contributed by atoms with E-state index in [1.807, 2.05) is 30.3 Å². The topological polar surface area (TPSA) is 79.1 Å². The monoisotopic (exact) mass is 504 g/mol. The average Bonchev–Trinajstić information content (AvgIpc) is 2.93. The van der Waals surface area contributed by atoms with Crippen molar-refractivity contribution < 1.29 is 14.3 Å². The van der Waals surface area contributed by atoms with Gasteiger partial charge in [0.2, 0.25) is 11.8 Å². The highest BCUT2D eigenvalue weighted by Crippen LogP contribution is 2.32. The van der Waals surface area contributed by atoms with Gasteiger partial charge in [0.25, 0.3) is 0 Å². The van der Waals surface area contributed by atoms with Crippen LogP contribution in [0.3, 0.4) is 0 Å². The number of piperidine rings is 1. The number of ether oxygens (including phenoxy) is 1. The first kappa shape index (κ1) is 25.7. The zero-order chi connectivity index (χ0) is 25.8. The van der Waals surface area contributed by atoms with Gasteiger partial charge in [0, 0.05) is 50.9 Å². The smallest absolute Gasteiger partial charge is 0.237 e. The second-order valence-electron chi connectivity index (χ2n) is 10.9. The van der Waals surface area contributed by atoms with Crippen LogP contribution in [0.2, 0.25) is 0 Å². The number of hydrogen-bond donors (Lipinski definition) is 1. The van der Waals surface area contributed by atoms with E-state index in [4.69, 9.17) is 10.5 Å². The van der Waals surface area contributed by atoms with E-state index >= 15 is 0 Å². The largest absolute Gasteiger partial charge is 0.497 e. The van der Waals surface area contributed by atoms with Crippen molar-refractivity contribution in [2.75, 3.05) is 44.7 Å². The number of anilines is 1. The number of nitrogens with two attached hydrogens (primary N) is 1. The number of rotatable bonds is 7. The Kier molecular flexibility index (Phi) is 8.11. The van der Waals surface area contributed by atoms with Gasteiger partial charge in [0.15, 0.2) is 0 Å². The summed E-state index contributed by atoms with van der Waals surface area (Å²) in [7, 11) is 1.62. The molecule has 1 unspecified atom stereocenters. The van der Waals surface area contributed by atoms with Crippen molar-refractivity contribution in [1.29, 1.82) is 0 Å². The molecule has 0 spiro atoms. The second-order valence-corrected chi connectivity index (χ2v) is 10.9. The molecule has 1 saturated carbocycles. The number of nitrogens with zero attached hydrogens (tertiary/aromatic N) is 3. The molecule has 0 radical (unpaired) electrons. The van der Waals surface area contributed by atoms with Gasteiger partial charge in [0.1, 0.15) is 5.75 Å². The maximum absolute atomic E-state index is 13.5. The fourth-order valence-corrected chi connectivity index (χ4v) is 6.09. The predicted molar refractivity (Wildman–Crippen MR) is 146 cm³/mol. The standard InChI is InChI=1S/C30H40N4O3/c1-37-27-11-7-23(8-12-27)21-34-29(35)14-13-28(30(34)36)24-3-2-4-26(19-24)33-17-15-32(16-18-33)20-22-5-9-25(31)10-6-22/h2-4,7-8,11-12,19,22,25,28H,5-6,9-10,13-18,20-21,31H2,1H3. The number of hydrogen-bond acceptors (Lipinski definition) is 6. The van der Waals surface area contributed by atoms with Gasteiger partial charge >= 0.3 is 0 Å². The van der Waals surface area contributed by atoms with E-state index in [-0.39, 0.29) is 17.7 Å². The average molecular weight is 505 g/mol. The van der Waals surface area contributed by atoms with Crippen LogP contribution in [0.25, 0.3) is 0 Å². The maximum Gasteiger partial charge on any atom is 0.237 e. The number of carbonyl (C=O) groups is 2. The Bertz CT molecular complexity index is 1070. The van der Waals surface area contributed by atoms with E-state index in [0.717, 1.165) is 49.0 Å². The zero-order valence-corrected chi connectivity index (χ0v) is 22.0. The molecule has 0 aromatic heterocycles. The number of carbonyl (C=O) groups excluding carboxylic acids is 2. The van der Waals surface area contributed by atoms with Gasteiger partial charge in [-0.15, -0.1) is 0 Å². The summed E-state index contributed by atoms with van der Waals surface area (Å²) >= 11 is 0. The summed E-state index contributed by atoms with van der Waals surface area (Å²) in [4.78, 5) is 32.6. The van der Waals surface area contributed by atoms with Crippen LogP contribution in [-0.4, -0.2) is 67.5 Å². The first-order valence-corrected chi connectivity index (χ1v) is 13.8. The molecule has 2 aromatic rings. The quantitative estimate of drug-likeness (QED) is 0.579. The minimum absolute atomic E-state index is 0.0932. The van der Waals surface area contributed by atoms with Crippen LogP contribution in [0.1, 0.15) is 55.6 Å². The third-order valence-corrected chi connectivity index (χ3v) is 8.43. The van der Waals surface area contributed by atoms with Gasteiger partial charge in [-0.3, -0.25) is 19.4 Å². The first-order chi connectivity index (χ1) is 18.0. The van der Waals surface area contributed by atoms with Crippen LogP contribution in [-0.2, 0) is 16.1 Å². The molecule has 3 fully saturated rings. The molecule has 0 bridgehead atoms. The van der Waals surface area contributed by atoms with Crippen molar-refractivity contribution >= 4 is 17.5 Å². The van der Waals surface area contributed by atoms with Crippen molar-refractivity contribution in [3.63, 3.8) is 0 Å². The third kappa shape index (κ3) is 6.16. The van der Waals surface area contributed by atoms with E-state index in [0.29, 0.717) is 25.4 Å². The minimum Gasteiger partial charge on any atom is -0.497 e. The number of piperazine rings is 1. The number of imide groups is 1. The summed E-state index contributed by atoms with van der Waals surface area (Å²) in [5.41, 5.74) is 9.19. The number of amides is 2. The lowest BCUT2D eigenvalue weighted by atomic mass is 9.86. The molecule has 7 nitrogen and oxygen atoms in total. The summed E-state index contributed by atoms with van der Waals surface area (Å²) in [6.07, 6.45) is 5.81. The lowest BCUT2D eigenvalue weighted by molar-refractivity contribution is -0.150. The Labute approximate surface area is 220 Å². The Hall–Kier alpha value is -2.90. The SMILES string of the molecule is COc1ccc(CN2C(=O)CCC(c3cccc(N4CCN(CC5CCC(N)CC5)CC4)c3)C2=O)cc1. The Balaban J connectivity index is 1.20. The van der Waals surface area contributed by atoms with E-state index in [2.05, 4.69) is 28.0 Å². The lowest BCUT2D eigenvalue weighted by Gasteiger charge is -2.39. The summed E-state index contributed by atoms with van der Waals surface area (Å²) < 4.78 is 5.22. The van der Waals surface area contributed by atoms with Crippen LogP contribution in [0, 0.1) is 5.92 Å². The second kappa shape index (κ2) is 11.7. The zero-order valence-electron chi connectivity index (χ0n) is 22.0. The molecule has 2 aliphatic heterocycles. The Morgan fingerprint density at radius 1 is 0.919 bits per heavy atom. The molecule has 5 rings (SSSR count). The molecule has 2 saturated heterocycles.